The molecule has 2 fully saturated rings. The first-order valence-corrected chi connectivity index (χ1v) is 8.29. The van der Waals surface area contributed by atoms with Gasteiger partial charge in [-0.15, -0.1) is 0 Å². The van der Waals surface area contributed by atoms with Crippen LogP contribution in [0.4, 0.5) is 0 Å². The molecule has 1 saturated carbocycles. The maximum Gasteiger partial charge on any atom is 0.0534 e. The number of nitrogens with zero attached hydrogens (tertiary/aromatic N) is 2. The highest BCUT2D eigenvalue weighted by atomic mass is 15.3. The van der Waals surface area contributed by atoms with E-state index in [9.17, 15) is 0 Å². The van der Waals surface area contributed by atoms with Crippen molar-refractivity contribution in [2.24, 2.45) is 5.92 Å². The van der Waals surface area contributed by atoms with Crippen molar-refractivity contribution < 1.29 is 0 Å². The molecule has 2 heterocycles. The zero-order valence-electron chi connectivity index (χ0n) is 12.6. The minimum Gasteiger partial charge on any atom is -0.314 e. The van der Waals surface area contributed by atoms with E-state index in [-0.39, 0.29) is 0 Å². The lowest BCUT2D eigenvalue weighted by molar-refractivity contribution is 0.256. The van der Waals surface area contributed by atoms with Gasteiger partial charge in [0.15, 0.2) is 0 Å². The second-order valence-electron chi connectivity index (χ2n) is 6.49. The van der Waals surface area contributed by atoms with Crippen LogP contribution in [-0.2, 0) is 6.54 Å². The Kier molecular flexibility index (Phi) is 4.73. The third kappa shape index (κ3) is 3.41. The number of nitrogens with one attached hydrogen (secondary N) is 2. The van der Waals surface area contributed by atoms with Gasteiger partial charge in [-0.2, -0.15) is 5.10 Å². The van der Waals surface area contributed by atoms with E-state index in [0.717, 1.165) is 25.0 Å². The fourth-order valence-corrected chi connectivity index (χ4v) is 3.92. The maximum atomic E-state index is 4.35. The maximum absolute atomic E-state index is 4.35. The molecule has 1 aliphatic heterocycles. The van der Waals surface area contributed by atoms with Crippen molar-refractivity contribution in [3.8, 4) is 0 Å². The summed E-state index contributed by atoms with van der Waals surface area (Å²) in [6.45, 7) is 5.34. The molecular formula is C16H28N4. The molecule has 0 spiro atoms. The average molecular weight is 276 g/mol. The van der Waals surface area contributed by atoms with Crippen molar-refractivity contribution in [1.82, 2.24) is 20.4 Å². The smallest absolute Gasteiger partial charge is 0.0534 e. The number of hydrogen-bond acceptors (Lipinski definition) is 3. The van der Waals surface area contributed by atoms with Crippen LogP contribution in [0, 0.1) is 12.8 Å². The zero-order chi connectivity index (χ0) is 13.8. The topological polar surface area (TPSA) is 41.9 Å². The van der Waals surface area contributed by atoms with Crippen molar-refractivity contribution in [2.75, 3.05) is 13.1 Å². The van der Waals surface area contributed by atoms with Crippen molar-refractivity contribution in [1.29, 1.82) is 0 Å². The molecule has 1 aromatic rings. The van der Waals surface area contributed by atoms with Gasteiger partial charge in [-0.05, 0) is 50.6 Å². The van der Waals surface area contributed by atoms with E-state index in [1.165, 1.54) is 50.6 Å². The second kappa shape index (κ2) is 6.72. The Morgan fingerprint density at radius 2 is 2.25 bits per heavy atom. The first kappa shape index (κ1) is 14.1. The Morgan fingerprint density at radius 1 is 1.30 bits per heavy atom. The van der Waals surface area contributed by atoms with Crippen LogP contribution < -0.4 is 10.6 Å². The molecule has 0 bridgehead atoms. The summed E-state index contributed by atoms with van der Waals surface area (Å²) in [5.41, 5.74) is 1.25. The molecule has 3 unspecified atom stereocenters. The lowest BCUT2D eigenvalue weighted by Gasteiger charge is -2.33. The highest BCUT2D eigenvalue weighted by Gasteiger charge is 2.33. The summed E-state index contributed by atoms with van der Waals surface area (Å²) in [7, 11) is 0. The molecule has 1 aromatic heterocycles. The molecule has 0 aromatic carbocycles. The molecule has 0 amide bonds. The summed E-state index contributed by atoms with van der Waals surface area (Å²) in [4.78, 5) is 0. The van der Waals surface area contributed by atoms with Gasteiger partial charge in [-0.3, -0.25) is 4.68 Å². The van der Waals surface area contributed by atoms with E-state index in [0.29, 0.717) is 6.04 Å². The molecule has 1 aliphatic carbocycles. The van der Waals surface area contributed by atoms with Crippen LogP contribution in [0.3, 0.4) is 0 Å². The summed E-state index contributed by atoms with van der Waals surface area (Å²) in [6.07, 6.45) is 12.3. The van der Waals surface area contributed by atoms with Gasteiger partial charge >= 0.3 is 0 Å². The number of aryl methyl sites for hydroxylation is 1. The molecule has 4 heteroatoms. The molecule has 3 atom stereocenters. The standard InChI is InChI=1S/C16H28N4/c1-13-11-19-20(12-13)10-9-18-16-7-4-5-14(16)15-6-2-3-8-17-15/h11-12,14-18H,2-10H2,1H3. The molecule has 2 N–H and O–H groups in total. The van der Waals surface area contributed by atoms with Gasteiger partial charge in [0.05, 0.1) is 12.7 Å². The Balaban J connectivity index is 1.46. The highest BCUT2D eigenvalue weighted by Crippen LogP contribution is 2.31. The quantitative estimate of drug-likeness (QED) is 0.865. The Morgan fingerprint density at radius 3 is 3.00 bits per heavy atom. The molecule has 3 rings (SSSR count). The fourth-order valence-electron chi connectivity index (χ4n) is 3.92. The second-order valence-corrected chi connectivity index (χ2v) is 6.49. The van der Waals surface area contributed by atoms with Gasteiger partial charge in [-0.1, -0.05) is 12.8 Å². The van der Waals surface area contributed by atoms with Crippen LogP contribution in [0.1, 0.15) is 44.1 Å². The van der Waals surface area contributed by atoms with Crippen LogP contribution in [0.25, 0.3) is 0 Å². The van der Waals surface area contributed by atoms with Gasteiger partial charge in [0.25, 0.3) is 0 Å². The minimum absolute atomic E-state index is 0.710. The van der Waals surface area contributed by atoms with Gasteiger partial charge in [0.2, 0.25) is 0 Å². The van der Waals surface area contributed by atoms with Crippen LogP contribution >= 0.6 is 0 Å². The number of hydrogen-bond donors (Lipinski definition) is 2. The summed E-state index contributed by atoms with van der Waals surface area (Å²) >= 11 is 0. The van der Waals surface area contributed by atoms with Crippen molar-refractivity contribution in [2.45, 2.75) is 64.1 Å². The predicted molar refractivity (Wildman–Crippen MR) is 81.7 cm³/mol. The van der Waals surface area contributed by atoms with Crippen molar-refractivity contribution >= 4 is 0 Å². The van der Waals surface area contributed by atoms with E-state index in [1.807, 2.05) is 10.9 Å². The normalized spacial score (nSPS) is 30.8. The molecular weight excluding hydrogens is 248 g/mol. The van der Waals surface area contributed by atoms with E-state index >= 15 is 0 Å². The third-order valence-corrected chi connectivity index (χ3v) is 4.94. The first-order chi connectivity index (χ1) is 9.83. The summed E-state index contributed by atoms with van der Waals surface area (Å²) in [6, 6.07) is 1.47. The SMILES string of the molecule is Cc1cnn(CCNC2CCCC2C2CCCCN2)c1. The fraction of sp³-hybridized carbons (Fsp3) is 0.812. The van der Waals surface area contributed by atoms with Crippen LogP contribution in [0.5, 0.6) is 0 Å². The Labute approximate surface area is 122 Å². The summed E-state index contributed by atoms with van der Waals surface area (Å²) < 4.78 is 2.05. The molecule has 0 radical (unpaired) electrons. The first-order valence-electron chi connectivity index (χ1n) is 8.29. The zero-order valence-corrected chi connectivity index (χ0v) is 12.6. The average Bonchev–Trinajstić information content (AvgIpc) is 3.09. The van der Waals surface area contributed by atoms with Gasteiger partial charge in [0.1, 0.15) is 0 Å². The molecule has 1 saturated heterocycles. The van der Waals surface area contributed by atoms with Gasteiger partial charge < -0.3 is 10.6 Å². The van der Waals surface area contributed by atoms with E-state index < -0.39 is 0 Å². The van der Waals surface area contributed by atoms with Crippen LogP contribution in [-0.4, -0.2) is 35.0 Å². The monoisotopic (exact) mass is 276 g/mol. The van der Waals surface area contributed by atoms with Crippen LogP contribution in [0.2, 0.25) is 0 Å². The molecule has 112 valence electrons. The largest absolute Gasteiger partial charge is 0.314 e. The highest BCUT2D eigenvalue weighted by molar-refractivity contribution is 4.99. The van der Waals surface area contributed by atoms with E-state index in [1.54, 1.807) is 0 Å². The number of rotatable bonds is 5. The van der Waals surface area contributed by atoms with Gasteiger partial charge in [-0.25, -0.2) is 0 Å². The van der Waals surface area contributed by atoms with E-state index in [2.05, 4.69) is 28.9 Å². The molecule has 4 nitrogen and oxygen atoms in total. The summed E-state index contributed by atoms with van der Waals surface area (Å²) in [5, 5.41) is 11.9. The molecule has 2 aliphatic rings. The Bertz CT molecular complexity index is 408. The Hall–Kier alpha value is -0.870. The lowest BCUT2D eigenvalue weighted by atomic mass is 9.88. The summed E-state index contributed by atoms with van der Waals surface area (Å²) in [5.74, 6) is 0.842. The number of piperidine rings is 1. The minimum atomic E-state index is 0.710. The third-order valence-electron chi connectivity index (χ3n) is 4.94. The van der Waals surface area contributed by atoms with Crippen molar-refractivity contribution in [3.05, 3.63) is 18.0 Å². The van der Waals surface area contributed by atoms with E-state index in [4.69, 9.17) is 0 Å². The predicted octanol–water partition coefficient (Wildman–Crippen LogP) is 2.09. The molecule has 20 heavy (non-hydrogen) atoms. The van der Waals surface area contributed by atoms with Gasteiger partial charge in [0, 0.05) is 24.8 Å². The van der Waals surface area contributed by atoms with Crippen LogP contribution in [0.15, 0.2) is 12.4 Å². The number of aromatic nitrogens is 2. The lowest BCUT2D eigenvalue weighted by Crippen LogP contribution is -2.47. The van der Waals surface area contributed by atoms with Crippen molar-refractivity contribution in [3.63, 3.8) is 0 Å².